The van der Waals surface area contributed by atoms with Crippen molar-refractivity contribution in [2.24, 2.45) is 5.92 Å². The van der Waals surface area contributed by atoms with Crippen molar-refractivity contribution in [2.75, 3.05) is 63.8 Å². The van der Waals surface area contributed by atoms with Crippen LogP contribution in [0.3, 0.4) is 0 Å². The van der Waals surface area contributed by atoms with Gasteiger partial charge in [0.15, 0.2) is 5.82 Å². The summed E-state index contributed by atoms with van der Waals surface area (Å²) in [6.45, 7) is 14.0. The van der Waals surface area contributed by atoms with E-state index in [1.807, 2.05) is 61.2 Å². The number of benzene rings is 1. The van der Waals surface area contributed by atoms with Crippen molar-refractivity contribution in [3.63, 3.8) is 0 Å². The molecule has 34 heavy (non-hydrogen) atoms. The number of anilines is 1. The summed E-state index contributed by atoms with van der Waals surface area (Å²) in [7, 11) is 0. The molecule has 8 nitrogen and oxygen atoms in total. The molecule has 2 amide bonds. The highest BCUT2D eigenvalue weighted by Gasteiger charge is 2.26. The maximum absolute atomic E-state index is 13.0. The molecule has 0 bridgehead atoms. The number of carbonyl (C=O) groups is 2. The van der Waals surface area contributed by atoms with E-state index in [2.05, 4.69) is 33.8 Å². The predicted octanol–water partition coefficient (Wildman–Crippen LogP) is 2.62. The Morgan fingerprint density at radius 1 is 0.912 bits per heavy atom. The molecule has 1 saturated heterocycles. The van der Waals surface area contributed by atoms with E-state index < -0.39 is 0 Å². The Kier molecular flexibility index (Phi) is 9.39. The first-order chi connectivity index (χ1) is 16.4. The van der Waals surface area contributed by atoms with Crippen LogP contribution in [0.25, 0.3) is 11.3 Å². The Morgan fingerprint density at radius 3 is 2.15 bits per heavy atom. The molecule has 0 unspecified atom stereocenters. The van der Waals surface area contributed by atoms with Crippen LogP contribution >= 0.6 is 0 Å². The van der Waals surface area contributed by atoms with Crippen molar-refractivity contribution in [1.29, 1.82) is 0 Å². The zero-order valence-electron chi connectivity index (χ0n) is 21.0. The van der Waals surface area contributed by atoms with Crippen LogP contribution in [0.5, 0.6) is 0 Å². The summed E-state index contributed by atoms with van der Waals surface area (Å²) in [4.78, 5) is 33.8. The second-order valence-corrected chi connectivity index (χ2v) is 8.95. The maximum Gasteiger partial charge on any atom is 0.242 e. The highest BCUT2D eigenvalue weighted by Crippen LogP contribution is 2.19. The quantitative estimate of drug-likeness (QED) is 0.536. The normalized spacial score (nSPS) is 14.1. The first-order valence-corrected chi connectivity index (χ1v) is 12.4. The van der Waals surface area contributed by atoms with Gasteiger partial charge in [-0.1, -0.05) is 58.0 Å². The van der Waals surface area contributed by atoms with Gasteiger partial charge in [0.05, 0.1) is 12.2 Å². The topological polar surface area (TPSA) is 72.9 Å². The summed E-state index contributed by atoms with van der Waals surface area (Å²) >= 11 is 0. The summed E-state index contributed by atoms with van der Waals surface area (Å²) in [5, 5.41) is 8.79. The van der Waals surface area contributed by atoms with Crippen molar-refractivity contribution >= 4 is 17.6 Å². The number of amides is 2. The molecule has 0 spiro atoms. The van der Waals surface area contributed by atoms with E-state index in [1.165, 1.54) is 0 Å². The zero-order chi connectivity index (χ0) is 24.5. The highest BCUT2D eigenvalue weighted by atomic mass is 16.2. The first kappa shape index (κ1) is 25.6. The SMILES string of the molecule is CCN(CC)CCN(CC(=O)N1CCN(c2ccc(-c3ccccc3)nn2)CC1)C(=O)C(C)C. The zero-order valence-corrected chi connectivity index (χ0v) is 21.0. The second kappa shape index (κ2) is 12.5. The van der Waals surface area contributed by atoms with Gasteiger partial charge in [-0.25, -0.2) is 0 Å². The number of carbonyl (C=O) groups excluding carboxylic acids is 2. The number of rotatable bonds is 10. The average Bonchev–Trinajstić information content (AvgIpc) is 2.88. The van der Waals surface area contributed by atoms with Crippen LogP contribution in [-0.2, 0) is 9.59 Å². The van der Waals surface area contributed by atoms with E-state index in [0.717, 1.165) is 36.7 Å². The van der Waals surface area contributed by atoms with Crippen LogP contribution in [0.2, 0.25) is 0 Å². The minimum atomic E-state index is -0.126. The van der Waals surface area contributed by atoms with Crippen LogP contribution in [0.4, 0.5) is 5.82 Å². The molecule has 2 aromatic rings. The lowest BCUT2D eigenvalue weighted by Crippen LogP contribution is -2.53. The fourth-order valence-corrected chi connectivity index (χ4v) is 4.14. The van der Waals surface area contributed by atoms with Crippen molar-refractivity contribution in [3.05, 3.63) is 42.5 Å². The molecular formula is C26H38N6O2. The lowest BCUT2D eigenvalue weighted by Gasteiger charge is -2.36. The van der Waals surface area contributed by atoms with Gasteiger partial charge >= 0.3 is 0 Å². The Balaban J connectivity index is 1.54. The maximum atomic E-state index is 13.0. The summed E-state index contributed by atoms with van der Waals surface area (Å²) < 4.78 is 0. The highest BCUT2D eigenvalue weighted by molar-refractivity contribution is 5.85. The smallest absolute Gasteiger partial charge is 0.242 e. The Morgan fingerprint density at radius 2 is 1.59 bits per heavy atom. The summed E-state index contributed by atoms with van der Waals surface area (Å²) in [6, 6.07) is 14.0. The van der Waals surface area contributed by atoms with E-state index in [9.17, 15) is 9.59 Å². The van der Waals surface area contributed by atoms with Gasteiger partial charge in [0.25, 0.3) is 0 Å². The van der Waals surface area contributed by atoms with Crippen molar-refractivity contribution < 1.29 is 9.59 Å². The van der Waals surface area contributed by atoms with Crippen LogP contribution in [0.1, 0.15) is 27.7 Å². The van der Waals surface area contributed by atoms with Crippen molar-refractivity contribution in [1.82, 2.24) is 24.9 Å². The Hall–Kier alpha value is -3.00. The van der Waals surface area contributed by atoms with Crippen molar-refractivity contribution in [3.8, 4) is 11.3 Å². The van der Waals surface area contributed by atoms with Crippen molar-refractivity contribution in [2.45, 2.75) is 27.7 Å². The van der Waals surface area contributed by atoms with E-state index in [4.69, 9.17) is 0 Å². The molecule has 0 saturated carbocycles. The van der Waals surface area contributed by atoms with E-state index in [-0.39, 0.29) is 24.3 Å². The molecule has 0 atom stereocenters. The molecule has 0 radical (unpaired) electrons. The number of piperazine rings is 1. The van der Waals surface area contributed by atoms with Gasteiger partial charge in [-0.05, 0) is 25.2 Å². The minimum absolute atomic E-state index is 0.0127. The third kappa shape index (κ3) is 6.76. The number of nitrogens with zero attached hydrogens (tertiary/aromatic N) is 6. The molecule has 1 aliphatic rings. The standard InChI is InChI=1S/C26H38N6O2/c1-5-29(6-2)14-15-32(26(34)21(3)4)20-25(33)31-18-16-30(17-19-31)24-13-12-23(27-28-24)22-10-8-7-9-11-22/h7-13,21H,5-6,14-20H2,1-4H3. The molecule has 8 heteroatoms. The van der Waals surface area contributed by atoms with Gasteiger partial charge in [-0.3, -0.25) is 9.59 Å². The molecular weight excluding hydrogens is 428 g/mol. The number of likely N-dealkylation sites (N-methyl/N-ethyl adjacent to an activating group) is 1. The van der Waals surface area contributed by atoms with Gasteiger partial charge in [0.1, 0.15) is 0 Å². The monoisotopic (exact) mass is 466 g/mol. The molecule has 3 rings (SSSR count). The third-order valence-corrected chi connectivity index (χ3v) is 6.39. The number of hydrogen-bond donors (Lipinski definition) is 0. The predicted molar refractivity (Wildman–Crippen MR) is 135 cm³/mol. The first-order valence-electron chi connectivity index (χ1n) is 12.4. The van der Waals surface area contributed by atoms with Gasteiger partial charge in [-0.2, -0.15) is 0 Å². The third-order valence-electron chi connectivity index (χ3n) is 6.39. The van der Waals surface area contributed by atoms with Gasteiger partial charge in [-0.15, -0.1) is 10.2 Å². The van der Waals surface area contributed by atoms with Crippen LogP contribution in [-0.4, -0.2) is 95.6 Å². The summed E-state index contributed by atoms with van der Waals surface area (Å²) in [6.07, 6.45) is 0. The molecule has 2 heterocycles. The fourth-order valence-electron chi connectivity index (χ4n) is 4.14. The largest absolute Gasteiger partial charge is 0.352 e. The summed E-state index contributed by atoms with van der Waals surface area (Å²) in [5.74, 6) is 0.744. The lowest BCUT2D eigenvalue weighted by atomic mass is 10.1. The molecule has 1 aromatic heterocycles. The van der Waals surface area contributed by atoms with E-state index in [0.29, 0.717) is 32.7 Å². The average molecular weight is 467 g/mol. The van der Waals surface area contributed by atoms with E-state index in [1.54, 1.807) is 4.90 Å². The van der Waals surface area contributed by atoms with Gasteiger partial charge in [0, 0.05) is 50.7 Å². The molecule has 1 aliphatic heterocycles. The van der Waals surface area contributed by atoms with Gasteiger partial charge in [0.2, 0.25) is 11.8 Å². The minimum Gasteiger partial charge on any atom is -0.352 e. The van der Waals surface area contributed by atoms with E-state index >= 15 is 0 Å². The molecule has 1 fully saturated rings. The Labute approximate surface area is 203 Å². The van der Waals surface area contributed by atoms with Crippen LogP contribution < -0.4 is 4.90 Å². The summed E-state index contributed by atoms with van der Waals surface area (Å²) in [5.41, 5.74) is 1.89. The van der Waals surface area contributed by atoms with Gasteiger partial charge < -0.3 is 19.6 Å². The Bertz CT molecular complexity index is 907. The molecule has 0 aliphatic carbocycles. The second-order valence-electron chi connectivity index (χ2n) is 8.95. The van der Waals surface area contributed by atoms with Crippen LogP contribution in [0, 0.1) is 5.92 Å². The van der Waals surface area contributed by atoms with Crippen LogP contribution in [0.15, 0.2) is 42.5 Å². The fraction of sp³-hybridized carbons (Fsp3) is 0.538. The number of aromatic nitrogens is 2. The number of hydrogen-bond acceptors (Lipinski definition) is 6. The lowest BCUT2D eigenvalue weighted by molar-refractivity contribution is -0.142. The molecule has 1 aromatic carbocycles. The molecule has 184 valence electrons. The molecule has 0 N–H and O–H groups in total.